The largest absolute Gasteiger partial charge is 0.283 e. The summed E-state index contributed by atoms with van der Waals surface area (Å²) in [4.78, 5) is 0.0374. The topological polar surface area (TPSA) is 83.6 Å². The lowest BCUT2D eigenvalue weighted by atomic mass is 10.2. The van der Waals surface area contributed by atoms with Crippen LogP contribution in [0.25, 0.3) is 0 Å². The zero-order valence-corrected chi connectivity index (χ0v) is 13.9. The summed E-state index contributed by atoms with van der Waals surface area (Å²) in [6, 6.07) is 4.31. The molecule has 0 unspecified atom stereocenters. The standard InChI is InChI=1S/C10H15BrN2O4S2/c1-8-4-5-9(19(16,17)13(2)3)6-10(8)12-18(14,15)7-11/h4-6,12H,7H2,1-3H3. The number of halogens is 1. The van der Waals surface area contributed by atoms with Crippen molar-refractivity contribution >= 4 is 41.7 Å². The van der Waals surface area contributed by atoms with Gasteiger partial charge >= 0.3 is 0 Å². The Labute approximate surface area is 122 Å². The number of hydrogen-bond donors (Lipinski definition) is 1. The van der Waals surface area contributed by atoms with Gasteiger partial charge in [-0.25, -0.2) is 21.1 Å². The van der Waals surface area contributed by atoms with E-state index in [1.165, 1.54) is 26.2 Å². The van der Waals surface area contributed by atoms with Crippen molar-refractivity contribution < 1.29 is 16.8 Å². The summed E-state index contributed by atoms with van der Waals surface area (Å²) >= 11 is 2.86. The quantitative estimate of drug-likeness (QED) is 0.792. The van der Waals surface area contributed by atoms with Gasteiger partial charge < -0.3 is 0 Å². The lowest BCUT2D eigenvalue weighted by Gasteiger charge is -2.14. The molecule has 1 rings (SSSR count). The van der Waals surface area contributed by atoms with Crippen molar-refractivity contribution in [2.75, 3.05) is 23.5 Å². The first-order valence-electron chi connectivity index (χ1n) is 5.20. The Morgan fingerprint density at radius 3 is 2.26 bits per heavy atom. The first-order chi connectivity index (χ1) is 8.60. The maximum absolute atomic E-state index is 12.0. The summed E-state index contributed by atoms with van der Waals surface area (Å²) in [5.74, 6) is 0. The SMILES string of the molecule is Cc1ccc(S(=O)(=O)N(C)C)cc1NS(=O)(=O)CBr. The molecule has 0 saturated heterocycles. The molecule has 0 heterocycles. The maximum Gasteiger partial charge on any atom is 0.242 e. The Morgan fingerprint density at radius 2 is 1.79 bits per heavy atom. The number of rotatable bonds is 5. The van der Waals surface area contributed by atoms with Gasteiger partial charge in [-0.15, -0.1) is 0 Å². The number of hydrogen-bond acceptors (Lipinski definition) is 4. The Kier molecular flexibility index (Phi) is 4.99. The van der Waals surface area contributed by atoms with Gasteiger partial charge in [0.1, 0.15) is 4.66 Å². The van der Waals surface area contributed by atoms with Crippen LogP contribution in [0.1, 0.15) is 5.56 Å². The second-order valence-electron chi connectivity index (χ2n) is 4.09. The third-order valence-electron chi connectivity index (χ3n) is 2.40. The van der Waals surface area contributed by atoms with Gasteiger partial charge in [-0.1, -0.05) is 22.0 Å². The minimum atomic E-state index is -3.59. The Hall–Kier alpha value is -0.640. The lowest BCUT2D eigenvalue weighted by molar-refractivity contribution is 0.520. The molecule has 108 valence electrons. The van der Waals surface area contributed by atoms with Gasteiger partial charge in [0, 0.05) is 14.1 Å². The summed E-state index contributed by atoms with van der Waals surface area (Å²) in [6.45, 7) is 1.69. The summed E-state index contributed by atoms with van der Waals surface area (Å²) in [5.41, 5.74) is 0.893. The van der Waals surface area contributed by atoms with Gasteiger partial charge in [0.05, 0.1) is 10.6 Å². The first kappa shape index (κ1) is 16.4. The van der Waals surface area contributed by atoms with Gasteiger partial charge in [-0.05, 0) is 24.6 Å². The van der Waals surface area contributed by atoms with Gasteiger partial charge in [0.2, 0.25) is 20.0 Å². The fourth-order valence-corrected chi connectivity index (χ4v) is 3.16. The van der Waals surface area contributed by atoms with E-state index in [1.807, 2.05) is 0 Å². The number of alkyl halides is 1. The van der Waals surface area contributed by atoms with E-state index >= 15 is 0 Å². The number of nitrogens with one attached hydrogen (secondary N) is 1. The van der Waals surface area contributed by atoms with Crippen molar-refractivity contribution in [3.8, 4) is 0 Å². The Bertz CT molecular complexity index is 669. The predicted molar refractivity (Wildman–Crippen MR) is 78.4 cm³/mol. The number of aryl methyl sites for hydroxylation is 1. The van der Waals surface area contributed by atoms with Crippen molar-refractivity contribution in [3.05, 3.63) is 23.8 Å². The molecule has 0 aromatic heterocycles. The third kappa shape index (κ3) is 3.91. The fourth-order valence-electron chi connectivity index (χ4n) is 1.28. The van der Waals surface area contributed by atoms with Crippen LogP contribution in [0.5, 0.6) is 0 Å². The highest BCUT2D eigenvalue weighted by atomic mass is 79.9. The van der Waals surface area contributed by atoms with Crippen LogP contribution in [0.4, 0.5) is 5.69 Å². The maximum atomic E-state index is 12.0. The molecule has 0 atom stereocenters. The monoisotopic (exact) mass is 370 g/mol. The molecule has 0 radical (unpaired) electrons. The molecule has 9 heteroatoms. The molecule has 1 aromatic rings. The van der Waals surface area contributed by atoms with E-state index in [1.54, 1.807) is 13.0 Å². The molecule has 0 spiro atoms. The van der Waals surface area contributed by atoms with E-state index in [0.717, 1.165) is 4.31 Å². The van der Waals surface area contributed by atoms with E-state index in [-0.39, 0.29) is 15.2 Å². The Morgan fingerprint density at radius 1 is 1.21 bits per heavy atom. The van der Waals surface area contributed by atoms with Crippen molar-refractivity contribution in [1.82, 2.24) is 4.31 Å². The first-order valence-corrected chi connectivity index (χ1v) is 9.41. The highest BCUT2D eigenvalue weighted by molar-refractivity contribution is 9.10. The smallest absolute Gasteiger partial charge is 0.242 e. The average molecular weight is 371 g/mol. The van der Waals surface area contributed by atoms with Crippen LogP contribution in [0.2, 0.25) is 0 Å². The van der Waals surface area contributed by atoms with E-state index in [4.69, 9.17) is 0 Å². The van der Waals surface area contributed by atoms with Crippen molar-refractivity contribution in [1.29, 1.82) is 0 Å². The van der Waals surface area contributed by atoms with Gasteiger partial charge in [0.25, 0.3) is 0 Å². The van der Waals surface area contributed by atoms with E-state index in [9.17, 15) is 16.8 Å². The van der Waals surface area contributed by atoms with Crippen LogP contribution in [0.3, 0.4) is 0 Å². The molecule has 0 aliphatic heterocycles. The zero-order valence-electron chi connectivity index (χ0n) is 10.7. The van der Waals surface area contributed by atoms with E-state index in [0.29, 0.717) is 5.56 Å². The average Bonchev–Trinajstić information content (AvgIpc) is 2.31. The molecule has 0 aliphatic rings. The van der Waals surface area contributed by atoms with Crippen LogP contribution in [-0.2, 0) is 20.0 Å². The van der Waals surface area contributed by atoms with Crippen LogP contribution in [0.15, 0.2) is 23.1 Å². The molecule has 1 N–H and O–H groups in total. The fraction of sp³-hybridized carbons (Fsp3) is 0.400. The molecule has 0 bridgehead atoms. The molecule has 0 fully saturated rings. The second kappa shape index (κ2) is 5.78. The highest BCUT2D eigenvalue weighted by Gasteiger charge is 2.19. The molecule has 0 aliphatic carbocycles. The minimum absolute atomic E-state index is 0.0374. The number of anilines is 1. The van der Waals surface area contributed by atoms with Crippen LogP contribution in [-0.4, -0.2) is 39.9 Å². The molecule has 0 amide bonds. The van der Waals surface area contributed by atoms with E-state index < -0.39 is 20.0 Å². The number of nitrogens with zero attached hydrogens (tertiary/aromatic N) is 1. The second-order valence-corrected chi connectivity index (χ2v) is 9.27. The van der Waals surface area contributed by atoms with Crippen LogP contribution < -0.4 is 4.72 Å². The predicted octanol–water partition coefficient (Wildman–Crippen LogP) is 1.34. The molecule has 19 heavy (non-hydrogen) atoms. The van der Waals surface area contributed by atoms with Gasteiger partial charge in [-0.2, -0.15) is 0 Å². The summed E-state index contributed by atoms with van der Waals surface area (Å²) in [5, 5.41) is 0. The third-order valence-corrected chi connectivity index (χ3v) is 6.83. The molecule has 6 nitrogen and oxygen atoms in total. The van der Waals surface area contributed by atoms with Crippen LogP contribution in [0, 0.1) is 6.92 Å². The molecular weight excluding hydrogens is 356 g/mol. The normalized spacial score (nSPS) is 12.7. The van der Waals surface area contributed by atoms with Crippen LogP contribution >= 0.6 is 15.9 Å². The summed E-state index contributed by atoms with van der Waals surface area (Å²) in [7, 11) is -4.28. The number of benzene rings is 1. The molecule has 1 aromatic carbocycles. The molecular formula is C10H15BrN2O4S2. The molecule has 0 saturated carbocycles. The van der Waals surface area contributed by atoms with Gasteiger partial charge in [-0.3, -0.25) is 4.72 Å². The summed E-state index contributed by atoms with van der Waals surface area (Å²) in [6.07, 6.45) is 0. The minimum Gasteiger partial charge on any atom is -0.283 e. The Balaban J connectivity index is 3.30. The van der Waals surface area contributed by atoms with Gasteiger partial charge in [0.15, 0.2) is 0 Å². The summed E-state index contributed by atoms with van der Waals surface area (Å²) < 4.78 is 50.1. The van der Waals surface area contributed by atoms with E-state index in [2.05, 4.69) is 20.7 Å². The van der Waals surface area contributed by atoms with Crippen molar-refractivity contribution in [2.45, 2.75) is 11.8 Å². The van der Waals surface area contributed by atoms with Crippen molar-refractivity contribution in [3.63, 3.8) is 0 Å². The highest BCUT2D eigenvalue weighted by Crippen LogP contribution is 2.23. The zero-order chi connectivity index (χ0) is 14.8. The lowest BCUT2D eigenvalue weighted by Crippen LogP contribution is -2.22. The van der Waals surface area contributed by atoms with Crippen molar-refractivity contribution in [2.24, 2.45) is 0 Å². The number of sulfonamides is 2.